The highest BCUT2D eigenvalue weighted by Crippen LogP contribution is 2.28. The van der Waals surface area contributed by atoms with E-state index in [0.717, 1.165) is 31.0 Å². The number of pyridine rings is 1. The smallest absolute Gasteiger partial charge is 0.129 e. The average Bonchev–Trinajstić information content (AvgIpc) is 2.37. The van der Waals surface area contributed by atoms with Gasteiger partial charge in [0.1, 0.15) is 5.82 Å². The number of hydrogen-bond donors (Lipinski definition) is 1. The second-order valence-electron chi connectivity index (χ2n) is 5.04. The number of aryl methyl sites for hydroxylation is 1. The summed E-state index contributed by atoms with van der Waals surface area (Å²) >= 11 is 2.07. The molecule has 1 aromatic rings. The highest BCUT2D eigenvalue weighted by Gasteiger charge is 2.23. The van der Waals surface area contributed by atoms with E-state index in [1.165, 1.54) is 5.56 Å². The van der Waals surface area contributed by atoms with Crippen molar-refractivity contribution in [1.82, 2.24) is 4.98 Å². The van der Waals surface area contributed by atoms with Crippen LogP contribution in [0.4, 0.5) is 5.82 Å². The average molecular weight is 265 g/mol. The summed E-state index contributed by atoms with van der Waals surface area (Å²) in [6.07, 6.45) is 0.967. The zero-order chi connectivity index (χ0) is 13.1. The van der Waals surface area contributed by atoms with Crippen molar-refractivity contribution in [3.05, 3.63) is 23.4 Å². The zero-order valence-electron chi connectivity index (χ0n) is 11.5. The molecule has 0 aliphatic carbocycles. The molecule has 0 radical (unpaired) electrons. The molecule has 2 N–H and O–H groups in total. The fourth-order valence-electron chi connectivity index (χ4n) is 2.46. The van der Waals surface area contributed by atoms with Crippen molar-refractivity contribution in [2.45, 2.75) is 44.2 Å². The molecule has 3 nitrogen and oxygen atoms in total. The lowest BCUT2D eigenvalue weighted by atomic mass is 10.2. The Bertz CT molecular complexity index is 376. The van der Waals surface area contributed by atoms with Gasteiger partial charge >= 0.3 is 0 Å². The Labute approximate surface area is 114 Å². The third kappa shape index (κ3) is 3.18. The molecule has 4 heteroatoms. The number of thioether (sulfide) groups is 1. The van der Waals surface area contributed by atoms with Crippen LogP contribution in [0.25, 0.3) is 0 Å². The van der Waals surface area contributed by atoms with Crippen molar-refractivity contribution >= 4 is 17.6 Å². The maximum absolute atomic E-state index is 5.78. The number of nitrogens with two attached hydrogens (primary N) is 1. The molecule has 1 aromatic heterocycles. The number of anilines is 1. The van der Waals surface area contributed by atoms with Crippen LogP contribution in [0, 0.1) is 0 Å². The molecule has 2 atom stereocenters. The molecule has 2 rings (SSSR count). The van der Waals surface area contributed by atoms with Crippen LogP contribution in [-0.2, 0) is 13.0 Å². The van der Waals surface area contributed by atoms with Gasteiger partial charge in [0.2, 0.25) is 0 Å². The van der Waals surface area contributed by atoms with Gasteiger partial charge in [-0.3, -0.25) is 0 Å². The van der Waals surface area contributed by atoms with Crippen LogP contribution in [-0.4, -0.2) is 28.6 Å². The molecule has 100 valence electrons. The maximum atomic E-state index is 5.78. The summed E-state index contributed by atoms with van der Waals surface area (Å²) < 4.78 is 0. The predicted molar refractivity (Wildman–Crippen MR) is 80.2 cm³/mol. The van der Waals surface area contributed by atoms with E-state index >= 15 is 0 Å². The van der Waals surface area contributed by atoms with E-state index in [4.69, 9.17) is 10.7 Å². The standard InChI is InChI=1S/C14H23N3S/c1-4-13-5-12(7-15)6-14(16-13)17-8-10(2)18-11(3)9-17/h5-6,10-11H,4,7-9,15H2,1-3H3. The van der Waals surface area contributed by atoms with Crippen LogP contribution in [0.15, 0.2) is 12.1 Å². The highest BCUT2D eigenvalue weighted by atomic mass is 32.2. The summed E-state index contributed by atoms with van der Waals surface area (Å²) in [5, 5.41) is 1.34. The minimum absolute atomic E-state index is 0.593. The van der Waals surface area contributed by atoms with Crippen molar-refractivity contribution in [2.75, 3.05) is 18.0 Å². The summed E-state index contributed by atoms with van der Waals surface area (Å²) in [6, 6.07) is 4.27. The van der Waals surface area contributed by atoms with Crippen molar-refractivity contribution in [2.24, 2.45) is 5.73 Å². The van der Waals surface area contributed by atoms with Gasteiger partial charge in [0, 0.05) is 35.8 Å². The molecule has 1 fully saturated rings. The van der Waals surface area contributed by atoms with E-state index in [1.807, 2.05) is 0 Å². The van der Waals surface area contributed by atoms with Gasteiger partial charge in [-0.05, 0) is 24.1 Å². The molecule has 2 heterocycles. The Morgan fingerprint density at radius 3 is 2.56 bits per heavy atom. The molecule has 1 aliphatic heterocycles. The van der Waals surface area contributed by atoms with E-state index in [2.05, 4.69) is 49.6 Å². The Morgan fingerprint density at radius 2 is 2.00 bits per heavy atom. The van der Waals surface area contributed by atoms with Crippen LogP contribution in [0.1, 0.15) is 32.0 Å². The van der Waals surface area contributed by atoms with Gasteiger partial charge in [0.05, 0.1) is 0 Å². The Hall–Kier alpha value is -0.740. The van der Waals surface area contributed by atoms with E-state index in [0.29, 0.717) is 17.0 Å². The highest BCUT2D eigenvalue weighted by molar-refractivity contribution is 8.00. The molecular weight excluding hydrogens is 242 g/mol. The fraction of sp³-hybridized carbons (Fsp3) is 0.643. The van der Waals surface area contributed by atoms with Crippen LogP contribution < -0.4 is 10.6 Å². The van der Waals surface area contributed by atoms with Crippen molar-refractivity contribution < 1.29 is 0 Å². The fourth-order valence-corrected chi connectivity index (χ4v) is 3.78. The number of rotatable bonds is 3. The zero-order valence-corrected chi connectivity index (χ0v) is 12.3. The second-order valence-corrected chi connectivity index (χ2v) is 6.93. The third-order valence-electron chi connectivity index (χ3n) is 3.27. The van der Waals surface area contributed by atoms with Crippen molar-refractivity contribution in [3.8, 4) is 0 Å². The summed E-state index contributed by atoms with van der Waals surface area (Å²) in [5.74, 6) is 1.11. The summed E-state index contributed by atoms with van der Waals surface area (Å²) in [4.78, 5) is 7.16. The molecule has 0 saturated carbocycles. The van der Waals surface area contributed by atoms with Crippen LogP contribution in [0.2, 0.25) is 0 Å². The summed E-state index contributed by atoms with van der Waals surface area (Å²) in [6.45, 7) is 9.49. The normalized spacial score (nSPS) is 24.3. The van der Waals surface area contributed by atoms with Crippen molar-refractivity contribution in [3.63, 3.8) is 0 Å². The largest absolute Gasteiger partial charge is 0.354 e. The molecule has 1 saturated heterocycles. The van der Waals surface area contributed by atoms with Gasteiger partial charge in [-0.1, -0.05) is 20.8 Å². The van der Waals surface area contributed by atoms with E-state index in [-0.39, 0.29) is 0 Å². The topological polar surface area (TPSA) is 42.1 Å². The minimum atomic E-state index is 0.593. The molecule has 0 spiro atoms. The van der Waals surface area contributed by atoms with Gasteiger partial charge in [-0.2, -0.15) is 11.8 Å². The first kappa shape index (κ1) is 13.7. The third-order valence-corrected chi connectivity index (χ3v) is 4.49. The second kappa shape index (κ2) is 5.93. The lowest BCUT2D eigenvalue weighted by Gasteiger charge is -2.35. The summed E-state index contributed by atoms with van der Waals surface area (Å²) in [5.41, 5.74) is 8.11. The van der Waals surface area contributed by atoms with Gasteiger partial charge < -0.3 is 10.6 Å². The molecule has 2 unspecified atom stereocenters. The van der Waals surface area contributed by atoms with Crippen molar-refractivity contribution in [1.29, 1.82) is 0 Å². The van der Waals surface area contributed by atoms with Crippen LogP contribution >= 0.6 is 11.8 Å². The quantitative estimate of drug-likeness (QED) is 0.911. The van der Waals surface area contributed by atoms with Gasteiger partial charge in [0.15, 0.2) is 0 Å². The Morgan fingerprint density at radius 1 is 1.33 bits per heavy atom. The molecule has 0 aromatic carbocycles. The first-order chi connectivity index (χ1) is 8.62. The molecular formula is C14H23N3S. The lowest BCUT2D eigenvalue weighted by molar-refractivity contribution is 0.715. The first-order valence-electron chi connectivity index (χ1n) is 6.72. The Kier molecular flexibility index (Phi) is 4.51. The predicted octanol–water partition coefficient (Wildman–Crippen LogP) is 2.43. The molecule has 0 amide bonds. The first-order valence-corrected chi connectivity index (χ1v) is 7.67. The maximum Gasteiger partial charge on any atom is 0.129 e. The minimum Gasteiger partial charge on any atom is -0.354 e. The SMILES string of the molecule is CCc1cc(CN)cc(N2CC(C)SC(C)C2)n1. The lowest BCUT2D eigenvalue weighted by Crippen LogP contribution is -2.41. The summed E-state index contributed by atoms with van der Waals surface area (Å²) in [7, 11) is 0. The number of hydrogen-bond acceptors (Lipinski definition) is 4. The van der Waals surface area contributed by atoms with Crippen LogP contribution in [0.5, 0.6) is 0 Å². The van der Waals surface area contributed by atoms with E-state index in [1.54, 1.807) is 0 Å². The monoisotopic (exact) mass is 265 g/mol. The van der Waals surface area contributed by atoms with Crippen LogP contribution in [0.3, 0.4) is 0 Å². The Balaban J connectivity index is 2.25. The molecule has 18 heavy (non-hydrogen) atoms. The van der Waals surface area contributed by atoms with E-state index in [9.17, 15) is 0 Å². The molecule has 1 aliphatic rings. The van der Waals surface area contributed by atoms with E-state index < -0.39 is 0 Å². The van der Waals surface area contributed by atoms with Gasteiger partial charge in [0.25, 0.3) is 0 Å². The number of nitrogens with zero attached hydrogens (tertiary/aromatic N) is 2. The molecule has 0 bridgehead atoms. The van der Waals surface area contributed by atoms with Gasteiger partial charge in [-0.25, -0.2) is 4.98 Å². The van der Waals surface area contributed by atoms with Gasteiger partial charge in [-0.15, -0.1) is 0 Å². The number of aromatic nitrogens is 1.